The minimum Gasteiger partial charge on any atom is -0.486 e. The van der Waals surface area contributed by atoms with E-state index in [0.717, 1.165) is 23.9 Å². The zero-order chi connectivity index (χ0) is 19.4. The van der Waals surface area contributed by atoms with E-state index in [4.69, 9.17) is 9.47 Å². The number of benzene rings is 1. The highest BCUT2D eigenvalue weighted by Crippen LogP contribution is 2.34. The molecule has 3 rings (SSSR count). The third kappa shape index (κ3) is 4.72. The van der Waals surface area contributed by atoms with Gasteiger partial charge in [0, 0.05) is 31.9 Å². The molecule has 0 saturated heterocycles. The van der Waals surface area contributed by atoms with Crippen LogP contribution in [0.25, 0.3) is 0 Å². The third-order valence-corrected chi connectivity index (χ3v) is 5.06. The Kier molecular flexibility index (Phi) is 6.22. The molecule has 0 unspecified atom stereocenters. The predicted molar refractivity (Wildman–Crippen MR) is 110 cm³/mol. The lowest BCUT2D eigenvalue weighted by molar-refractivity contribution is 0.171. The number of rotatable bonds is 7. The van der Waals surface area contributed by atoms with E-state index in [-0.39, 0.29) is 6.04 Å². The van der Waals surface area contributed by atoms with Crippen molar-refractivity contribution in [3.63, 3.8) is 0 Å². The van der Waals surface area contributed by atoms with E-state index in [2.05, 4.69) is 74.2 Å². The van der Waals surface area contributed by atoms with Gasteiger partial charge in [-0.2, -0.15) is 0 Å². The van der Waals surface area contributed by atoms with Crippen LogP contribution in [0.2, 0.25) is 0 Å². The topological polar surface area (TPSA) is 46.6 Å². The van der Waals surface area contributed by atoms with E-state index in [1.807, 2.05) is 12.3 Å². The molecule has 2 heterocycles. The summed E-state index contributed by atoms with van der Waals surface area (Å²) in [6.45, 7) is 10.8. The fraction of sp³-hybridized carbons (Fsp3) is 0.500. The van der Waals surface area contributed by atoms with Gasteiger partial charge in [-0.3, -0.25) is 0 Å². The van der Waals surface area contributed by atoms with Crippen LogP contribution in [0.5, 0.6) is 11.5 Å². The van der Waals surface area contributed by atoms with E-state index in [0.29, 0.717) is 25.2 Å². The van der Waals surface area contributed by atoms with Gasteiger partial charge in [-0.25, -0.2) is 4.98 Å². The lowest BCUT2D eigenvalue weighted by Crippen LogP contribution is -2.27. The highest BCUT2D eigenvalue weighted by molar-refractivity contribution is 5.45. The fourth-order valence-corrected chi connectivity index (χ4v) is 3.21. The second-order valence-corrected chi connectivity index (χ2v) is 7.73. The molecule has 1 aromatic heterocycles. The summed E-state index contributed by atoms with van der Waals surface area (Å²) in [5.74, 6) is 3.13. The number of aromatic nitrogens is 1. The number of pyridine rings is 1. The van der Waals surface area contributed by atoms with Crippen molar-refractivity contribution in [2.75, 3.05) is 25.2 Å². The summed E-state index contributed by atoms with van der Waals surface area (Å²) in [4.78, 5) is 6.77. The molecule has 0 saturated carbocycles. The molecule has 146 valence electrons. The van der Waals surface area contributed by atoms with Crippen LogP contribution in [0.1, 0.15) is 44.9 Å². The Balaban J connectivity index is 1.68. The summed E-state index contributed by atoms with van der Waals surface area (Å²) in [5, 5.41) is 3.68. The third-order valence-electron chi connectivity index (χ3n) is 5.06. The fourth-order valence-electron chi connectivity index (χ4n) is 3.21. The second-order valence-electron chi connectivity index (χ2n) is 7.73. The summed E-state index contributed by atoms with van der Waals surface area (Å²) in [6.07, 6.45) is 1.96. The van der Waals surface area contributed by atoms with Crippen molar-refractivity contribution < 1.29 is 9.47 Å². The molecule has 1 aromatic carbocycles. The predicted octanol–water partition coefficient (Wildman–Crippen LogP) is 4.18. The Labute approximate surface area is 162 Å². The number of fused-ring (bicyclic) bond motifs is 1. The first kappa shape index (κ1) is 19.5. The Morgan fingerprint density at radius 2 is 1.78 bits per heavy atom. The van der Waals surface area contributed by atoms with Crippen LogP contribution in [0, 0.1) is 5.92 Å². The number of hydrogen-bond donors (Lipinski definition) is 1. The van der Waals surface area contributed by atoms with Crippen LogP contribution < -0.4 is 19.7 Å². The molecule has 5 heteroatoms. The zero-order valence-corrected chi connectivity index (χ0v) is 17.0. The van der Waals surface area contributed by atoms with Gasteiger partial charge in [0.05, 0.1) is 0 Å². The molecular weight excluding hydrogens is 338 g/mol. The molecule has 0 spiro atoms. The molecule has 1 aliphatic rings. The summed E-state index contributed by atoms with van der Waals surface area (Å²) < 4.78 is 11.4. The minimum absolute atomic E-state index is 0.235. The first-order valence-electron chi connectivity index (χ1n) is 9.76. The number of ether oxygens (including phenoxy) is 2. The summed E-state index contributed by atoms with van der Waals surface area (Å²) >= 11 is 0. The monoisotopic (exact) mass is 369 g/mol. The van der Waals surface area contributed by atoms with Crippen molar-refractivity contribution in [2.24, 2.45) is 5.92 Å². The zero-order valence-electron chi connectivity index (χ0n) is 17.0. The number of hydrogen-bond acceptors (Lipinski definition) is 5. The van der Waals surface area contributed by atoms with Gasteiger partial charge in [-0.15, -0.1) is 0 Å². The molecule has 1 aliphatic heterocycles. The van der Waals surface area contributed by atoms with Crippen molar-refractivity contribution in [1.82, 2.24) is 10.3 Å². The molecule has 1 atom stereocenters. The maximum Gasteiger partial charge on any atom is 0.161 e. The molecule has 0 radical (unpaired) electrons. The van der Waals surface area contributed by atoms with Gasteiger partial charge >= 0.3 is 0 Å². The molecule has 2 aromatic rings. The number of nitrogens with zero attached hydrogens (tertiary/aromatic N) is 2. The van der Waals surface area contributed by atoms with E-state index < -0.39 is 0 Å². The average molecular weight is 370 g/mol. The van der Waals surface area contributed by atoms with Gasteiger partial charge in [-0.1, -0.05) is 26.0 Å². The van der Waals surface area contributed by atoms with Crippen LogP contribution in [0.15, 0.2) is 36.5 Å². The van der Waals surface area contributed by atoms with E-state index in [1.54, 1.807) is 0 Å². The molecule has 0 bridgehead atoms. The maximum absolute atomic E-state index is 5.74. The van der Waals surface area contributed by atoms with Crippen molar-refractivity contribution in [2.45, 2.75) is 46.3 Å². The molecule has 27 heavy (non-hydrogen) atoms. The normalized spacial score (nSPS) is 14.5. The SMILES string of the molecule is CC(C)[C@@H](NCc1ccc(N(C)C(C)C)nc1)c1ccc2c(c1)OCCO2. The Hall–Kier alpha value is -2.27. The van der Waals surface area contributed by atoms with Gasteiger partial charge < -0.3 is 19.7 Å². The smallest absolute Gasteiger partial charge is 0.161 e. The highest BCUT2D eigenvalue weighted by atomic mass is 16.6. The summed E-state index contributed by atoms with van der Waals surface area (Å²) in [5.41, 5.74) is 2.40. The Bertz CT molecular complexity index is 744. The molecule has 0 aliphatic carbocycles. The van der Waals surface area contributed by atoms with Crippen molar-refractivity contribution in [1.29, 1.82) is 0 Å². The first-order chi connectivity index (χ1) is 13.0. The Morgan fingerprint density at radius 3 is 2.41 bits per heavy atom. The van der Waals surface area contributed by atoms with Gasteiger partial charge in [0.25, 0.3) is 0 Å². The van der Waals surface area contributed by atoms with Crippen LogP contribution in [-0.4, -0.2) is 31.3 Å². The van der Waals surface area contributed by atoms with Crippen molar-refractivity contribution >= 4 is 5.82 Å². The quantitative estimate of drug-likeness (QED) is 0.793. The van der Waals surface area contributed by atoms with Crippen LogP contribution in [-0.2, 0) is 6.54 Å². The second kappa shape index (κ2) is 8.61. The summed E-state index contributed by atoms with van der Waals surface area (Å²) in [7, 11) is 2.07. The van der Waals surface area contributed by atoms with Crippen LogP contribution >= 0.6 is 0 Å². The first-order valence-corrected chi connectivity index (χ1v) is 9.76. The van der Waals surface area contributed by atoms with Crippen LogP contribution in [0.4, 0.5) is 5.82 Å². The van der Waals surface area contributed by atoms with Crippen molar-refractivity contribution in [3.05, 3.63) is 47.7 Å². The van der Waals surface area contributed by atoms with Gasteiger partial charge in [0.15, 0.2) is 11.5 Å². The van der Waals surface area contributed by atoms with E-state index in [1.165, 1.54) is 11.1 Å². The highest BCUT2D eigenvalue weighted by Gasteiger charge is 2.19. The molecule has 5 nitrogen and oxygen atoms in total. The van der Waals surface area contributed by atoms with E-state index in [9.17, 15) is 0 Å². The molecule has 0 amide bonds. The average Bonchev–Trinajstić information content (AvgIpc) is 2.67. The van der Waals surface area contributed by atoms with Gasteiger partial charge in [0.1, 0.15) is 19.0 Å². The largest absolute Gasteiger partial charge is 0.486 e. The maximum atomic E-state index is 5.74. The molecule has 1 N–H and O–H groups in total. The van der Waals surface area contributed by atoms with Crippen LogP contribution in [0.3, 0.4) is 0 Å². The summed E-state index contributed by atoms with van der Waals surface area (Å²) in [6, 6.07) is 11.1. The minimum atomic E-state index is 0.235. The lowest BCUT2D eigenvalue weighted by atomic mass is 9.95. The number of nitrogens with one attached hydrogen (secondary N) is 1. The van der Waals surface area contributed by atoms with Crippen molar-refractivity contribution in [3.8, 4) is 11.5 Å². The molecular formula is C22H31N3O2. The van der Waals surface area contributed by atoms with E-state index >= 15 is 0 Å². The van der Waals surface area contributed by atoms with Gasteiger partial charge in [0.2, 0.25) is 0 Å². The van der Waals surface area contributed by atoms with Gasteiger partial charge in [-0.05, 0) is 49.1 Å². The lowest BCUT2D eigenvalue weighted by Gasteiger charge is -2.26. The number of anilines is 1. The standard InChI is InChI=1S/C22H31N3O2/c1-15(2)22(18-7-8-19-20(12-18)27-11-10-26-19)24-14-17-6-9-21(23-13-17)25(5)16(3)4/h6-9,12-13,15-16,22,24H,10-11,14H2,1-5H3/t22-/m1/s1. The Morgan fingerprint density at radius 1 is 1.04 bits per heavy atom. The molecule has 0 fully saturated rings.